The highest BCUT2D eigenvalue weighted by Gasteiger charge is 2.28. The van der Waals surface area contributed by atoms with Gasteiger partial charge in [0.15, 0.2) is 0 Å². The van der Waals surface area contributed by atoms with Gasteiger partial charge in [-0.05, 0) is 24.8 Å². The summed E-state index contributed by atoms with van der Waals surface area (Å²) in [5, 5.41) is 1.82. The lowest BCUT2D eigenvalue weighted by Crippen LogP contribution is -2.42. The molecule has 0 bridgehead atoms. The van der Waals surface area contributed by atoms with E-state index in [0.717, 1.165) is 12.1 Å². The van der Waals surface area contributed by atoms with Gasteiger partial charge in [0.1, 0.15) is 0 Å². The highest BCUT2D eigenvalue weighted by atomic mass is 16.1. The molecule has 5 heteroatoms. The molecule has 3 N–H and O–H groups in total. The summed E-state index contributed by atoms with van der Waals surface area (Å²) in [6.07, 6.45) is 9.86. The molecule has 0 radical (unpaired) electrons. The number of carbonyl (C=O) groups is 1. The number of carbonyl (C=O) groups excluding carboxylic acids is 1. The van der Waals surface area contributed by atoms with Gasteiger partial charge in [-0.25, -0.2) is 0 Å². The van der Waals surface area contributed by atoms with Crippen molar-refractivity contribution in [2.24, 2.45) is 16.6 Å². The lowest BCUT2D eigenvalue weighted by Gasteiger charge is -2.32. The van der Waals surface area contributed by atoms with Crippen molar-refractivity contribution in [3.8, 4) is 0 Å². The fourth-order valence-electron chi connectivity index (χ4n) is 2.88. The van der Waals surface area contributed by atoms with Gasteiger partial charge in [0, 0.05) is 13.2 Å². The van der Waals surface area contributed by atoms with E-state index in [-0.39, 0.29) is 6.04 Å². The molecule has 5 nitrogen and oxygen atoms in total. The molecule has 0 spiro atoms. The van der Waals surface area contributed by atoms with Crippen LogP contribution in [0, 0.1) is 5.92 Å². The molecule has 21 heavy (non-hydrogen) atoms. The molecular formula is C16H24N4O. The first-order chi connectivity index (χ1) is 10.0. The van der Waals surface area contributed by atoms with Crippen LogP contribution in [-0.2, 0) is 4.79 Å². The molecule has 1 amide bonds. The summed E-state index contributed by atoms with van der Waals surface area (Å²) in [6.45, 7) is 5.96. The fourth-order valence-corrected chi connectivity index (χ4v) is 2.88. The maximum Gasteiger partial charge on any atom is 0.252 e. The van der Waals surface area contributed by atoms with Gasteiger partial charge in [0.05, 0.1) is 23.0 Å². The second kappa shape index (κ2) is 6.61. The van der Waals surface area contributed by atoms with E-state index in [1.807, 2.05) is 18.1 Å². The molecule has 1 aliphatic carbocycles. The predicted octanol–water partition coefficient (Wildman–Crippen LogP) is 1.90. The highest BCUT2D eigenvalue weighted by molar-refractivity contribution is 6.27. The SMILES string of the molecule is C=C/C=C1/C(=NC2CCCCC2C)C(C(N)=O)=CNN1C. The summed E-state index contributed by atoms with van der Waals surface area (Å²) >= 11 is 0. The topological polar surface area (TPSA) is 70.7 Å². The minimum absolute atomic E-state index is 0.246. The molecule has 1 heterocycles. The Morgan fingerprint density at radius 3 is 2.86 bits per heavy atom. The van der Waals surface area contributed by atoms with Gasteiger partial charge < -0.3 is 11.2 Å². The third-order valence-corrected chi connectivity index (χ3v) is 4.16. The van der Waals surface area contributed by atoms with Gasteiger partial charge in [0.25, 0.3) is 5.91 Å². The van der Waals surface area contributed by atoms with E-state index in [4.69, 9.17) is 10.7 Å². The lowest BCUT2D eigenvalue weighted by molar-refractivity contribution is -0.114. The molecule has 1 fully saturated rings. The van der Waals surface area contributed by atoms with E-state index in [2.05, 4.69) is 18.9 Å². The summed E-state index contributed by atoms with van der Waals surface area (Å²) in [5.74, 6) is 0.0679. The quantitative estimate of drug-likeness (QED) is 0.833. The number of hydrogen-bond acceptors (Lipinski definition) is 4. The molecule has 2 unspecified atom stereocenters. The number of aliphatic imine (C=N–C) groups is 1. The van der Waals surface area contributed by atoms with Crippen LogP contribution in [-0.4, -0.2) is 29.7 Å². The van der Waals surface area contributed by atoms with E-state index in [0.29, 0.717) is 17.2 Å². The van der Waals surface area contributed by atoms with Gasteiger partial charge in [-0.2, -0.15) is 0 Å². The van der Waals surface area contributed by atoms with Crippen LogP contribution in [0.4, 0.5) is 0 Å². The van der Waals surface area contributed by atoms with Crippen molar-refractivity contribution in [2.45, 2.75) is 38.6 Å². The molecule has 0 aromatic carbocycles. The van der Waals surface area contributed by atoms with Gasteiger partial charge in [-0.15, -0.1) is 0 Å². The Hall–Kier alpha value is -2.04. The first-order valence-electron chi connectivity index (χ1n) is 7.45. The second-order valence-corrected chi connectivity index (χ2v) is 5.70. The Labute approximate surface area is 126 Å². The molecule has 2 atom stereocenters. The van der Waals surface area contributed by atoms with Crippen molar-refractivity contribution < 1.29 is 4.79 Å². The Kier molecular flexibility index (Phi) is 4.83. The number of hydrogen-bond donors (Lipinski definition) is 2. The van der Waals surface area contributed by atoms with Gasteiger partial charge in [-0.3, -0.25) is 14.8 Å². The molecule has 0 aromatic heterocycles. The van der Waals surface area contributed by atoms with Gasteiger partial charge >= 0.3 is 0 Å². The molecular weight excluding hydrogens is 264 g/mol. The average molecular weight is 288 g/mol. The number of hydrazine groups is 1. The van der Waals surface area contributed by atoms with E-state index in [1.54, 1.807) is 12.3 Å². The van der Waals surface area contributed by atoms with Crippen molar-refractivity contribution in [3.05, 3.63) is 36.2 Å². The Balaban J connectivity index is 2.43. The largest absolute Gasteiger partial charge is 0.365 e. The Bertz CT molecular complexity index is 518. The highest BCUT2D eigenvalue weighted by Crippen LogP contribution is 2.28. The van der Waals surface area contributed by atoms with Crippen LogP contribution in [0.25, 0.3) is 0 Å². The van der Waals surface area contributed by atoms with Gasteiger partial charge in [-0.1, -0.05) is 32.4 Å². The molecule has 0 aromatic rings. The third kappa shape index (κ3) is 3.35. The van der Waals surface area contributed by atoms with Crippen molar-refractivity contribution in [3.63, 3.8) is 0 Å². The van der Waals surface area contributed by atoms with E-state index in [1.165, 1.54) is 19.3 Å². The second-order valence-electron chi connectivity index (χ2n) is 5.70. The number of primary amides is 1. The number of amides is 1. The summed E-state index contributed by atoms with van der Waals surface area (Å²) in [6, 6.07) is 0.246. The summed E-state index contributed by atoms with van der Waals surface area (Å²) in [4.78, 5) is 16.6. The first-order valence-corrected chi connectivity index (χ1v) is 7.45. The number of nitrogens with one attached hydrogen (secondary N) is 1. The zero-order valence-electron chi connectivity index (χ0n) is 12.8. The minimum atomic E-state index is -0.465. The zero-order valence-corrected chi connectivity index (χ0v) is 12.8. The van der Waals surface area contributed by atoms with E-state index in [9.17, 15) is 4.79 Å². The van der Waals surface area contributed by atoms with Crippen LogP contribution in [0.1, 0.15) is 32.6 Å². The van der Waals surface area contributed by atoms with Crippen molar-refractivity contribution in [1.29, 1.82) is 0 Å². The van der Waals surface area contributed by atoms with Crippen LogP contribution in [0.5, 0.6) is 0 Å². The molecule has 2 rings (SSSR count). The number of nitrogens with two attached hydrogens (primary N) is 1. The average Bonchev–Trinajstić information content (AvgIpc) is 2.45. The fraction of sp³-hybridized carbons (Fsp3) is 0.500. The zero-order chi connectivity index (χ0) is 15.4. The van der Waals surface area contributed by atoms with Gasteiger partial charge in [0.2, 0.25) is 0 Å². The molecule has 1 saturated carbocycles. The third-order valence-electron chi connectivity index (χ3n) is 4.16. The van der Waals surface area contributed by atoms with Crippen LogP contribution >= 0.6 is 0 Å². The van der Waals surface area contributed by atoms with Crippen molar-refractivity contribution in [1.82, 2.24) is 10.4 Å². The maximum atomic E-state index is 11.7. The van der Waals surface area contributed by atoms with Crippen molar-refractivity contribution >= 4 is 11.6 Å². The summed E-state index contributed by atoms with van der Waals surface area (Å²) in [5.41, 5.74) is 10.4. The number of nitrogens with zero attached hydrogens (tertiary/aromatic N) is 2. The van der Waals surface area contributed by atoms with E-state index >= 15 is 0 Å². The number of rotatable bonds is 3. The molecule has 1 aliphatic heterocycles. The first kappa shape index (κ1) is 15.4. The Morgan fingerprint density at radius 2 is 2.24 bits per heavy atom. The van der Waals surface area contributed by atoms with E-state index < -0.39 is 5.91 Å². The standard InChI is InChI=1S/C16H24N4O/c1-4-7-14-15(12(16(17)21)10-18-20(14)3)19-13-9-6-5-8-11(13)2/h4,7,10-11,13,18H,1,5-6,8-9H2,2-3H3,(H2,17,21)/b14-7-,19-15?. The van der Waals surface area contributed by atoms with Crippen LogP contribution < -0.4 is 11.2 Å². The monoisotopic (exact) mass is 288 g/mol. The summed E-state index contributed by atoms with van der Waals surface area (Å²) in [7, 11) is 1.88. The lowest BCUT2D eigenvalue weighted by atomic mass is 9.86. The molecule has 0 saturated heterocycles. The summed E-state index contributed by atoms with van der Waals surface area (Å²) < 4.78 is 0. The molecule has 114 valence electrons. The molecule has 2 aliphatic rings. The minimum Gasteiger partial charge on any atom is -0.365 e. The van der Waals surface area contributed by atoms with Crippen LogP contribution in [0.2, 0.25) is 0 Å². The normalized spacial score (nSPS) is 30.0. The maximum absolute atomic E-state index is 11.7. The van der Waals surface area contributed by atoms with Crippen molar-refractivity contribution in [2.75, 3.05) is 7.05 Å². The predicted molar refractivity (Wildman–Crippen MR) is 85.3 cm³/mol. The Morgan fingerprint density at radius 1 is 1.52 bits per heavy atom. The number of allylic oxidation sites excluding steroid dienone is 3. The van der Waals surface area contributed by atoms with Crippen LogP contribution in [0.15, 0.2) is 41.2 Å². The van der Waals surface area contributed by atoms with Crippen LogP contribution in [0.3, 0.4) is 0 Å². The smallest absolute Gasteiger partial charge is 0.252 e.